The van der Waals surface area contributed by atoms with Gasteiger partial charge in [0.25, 0.3) is 0 Å². The Labute approximate surface area is 275 Å². The molecule has 242 valence electrons. The number of likely N-dealkylation sites (tertiary alicyclic amines) is 1. The number of carboxylic acid groups (broad SMARTS) is 1. The number of carboxylic acids is 1. The van der Waals surface area contributed by atoms with E-state index >= 15 is 0 Å². The molecule has 2 aliphatic heterocycles. The Kier molecular flexibility index (Phi) is 11.5. The Morgan fingerprint density at radius 3 is 2.49 bits per heavy atom. The molecule has 0 radical (unpaired) electrons. The van der Waals surface area contributed by atoms with E-state index in [1.54, 1.807) is 24.8 Å². The van der Waals surface area contributed by atoms with Gasteiger partial charge in [0.15, 0.2) is 11.6 Å². The maximum atomic E-state index is 11.3. The molecule has 2 aromatic heterocycles. The predicted molar refractivity (Wildman–Crippen MR) is 178 cm³/mol. The summed E-state index contributed by atoms with van der Waals surface area (Å²) in [6, 6.07) is 9.83. The molecule has 2 fully saturated rings. The molecule has 12 heteroatoms. The van der Waals surface area contributed by atoms with Crippen LogP contribution in [0, 0.1) is 5.92 Å². The molecule has 5 rings (SSSR count). The minimum atomic E-state index is -0.748. The Morgan fingerprint density at radius 1 is 1.04 bits per heavy atom. The van der Waals surface area contributed by atoms with E-state index in [9.17, 15) is 9.90 Å². The van der Waals surface area contributed by atoms with Gasteiger partial charge in [-0.05, 0) is 95.2 Å². The van der Waals surface area contributed by atoms with Crippen LogP contribution in [-0.2, 0) is 4.79 Å². The van der Waals surface area contributed by atoms with Gasteiger partial charge in [0.2, 0.25) is 5.88 Å². The third kappa shape index (κ3) is 8.83. The largest absolute Gasteiger partial charge is 0.481 e. The summed E-state index contributed by atoms with van der Waals surface area (Å²) in [6.07, 6.45) is 7.94. The third-order valence-electron chi connectivity index (χ3n) is 8.91. The zero-order valence-electron chi connectivity index (χ0n) is 26.3. The number of halogens is 2. The van der Waals surface area contributed by atoms with Crippen LogP contribution in [0.2, 0.25) is 10.0 Å². The number of aromatic nitrogens is 3. The van der Waals surface area contributed by atoms with E-state index in [4.69, 9.17) is 27.9 Å². The molecule has 2 atom stereocenters. The van der Waals surface area contributed by atoms with Crippen molar-refractivity contribution >= 4 is 35.0 Å². The zero-order valence-corrected chi connectivity index (χ0v) is 27.8. The fraction of sp³-hybridized carbons (Fsp3) is 0.515. The van der Waals surface area contributed by atoms with E-state index in [1.165, 1.54) is 0 Å². The SMILES string of the molecule is CC(CCN(C)C)N1CCN(c2ncncc2Oc2cc(C(c3ccc(Cl)cc3Cl)N3CCC(CC(=O)O)CC3)ccn2)CC1. The van der Waals surface area contributed by atoms with Crippen LogP contribution in [0.25, 0.3) is 0 Å². The lowest BCUT2D eigenvalue weighted by Crippen LogP contribution is -2.50. The zero-order chi connectivity index (χ0) is 31.9. The first-order valence-electron chi connectivity index (χ1n) is 15.7. The molecule has 2 unspecified atom stereocenters. The molecule has 45 heavy (non-hydrogen) atoms. The maximum absolute atomic E-state index is 11.3. The highest BCUT2D eigenvalue weighted by Crippen LogP contribution is 2.39. The van der Waals surface area contributed by atoms with E-state index < -0.39 is 5.97 Å². The minimum absolute atomic E-state index is 0.163. The first kappa shape index (κ1) is 33.3. The smallest absolute Gasteiger partial charge is 0.303 e. The minimum Gasteiger partial charge on any atom is -0.481 e. The van der Waals surface area contributed by atoms with Crippen LogP contribution in [0.5, 0.6) is 11.6 Å². The Bertz CT molecular complexity index is 1430. The fourth-order valence-corrected chi connectivity index (χ4v) is 6.87. The summed E-state index contributed by atoms with van der Waals surface area (Å²) >= 11 is 13.0. The summed E-state index contributed by atoms with van der Waals surface area (Å²) in [5, 5.41) is 10.5. The van der Waals surface area contributed by atoms with Crippen LogP contribution >= 0.6 is 23.2 Å². The summed E-state index contributed by atoms with van der Waals surface area (Å²) in [5.74, 6) is 1.18. The summed E-state index contributed by atoms with van der Waals surface area (Å²) < 4.78 is 6.39. The monoisotopic (exact) mass is 655 g/mol. The lowest BCUT2D eigenvalue weighted by molar-refractivity contribution is -0.138. The molecule has 2 aliphatic rings. The van der Waals surface area contributed by atoms with Crippen LogP contribution in [0.1, 0.15) is 49.8 Å². The second-order valence-electron chi connectivity index (χ2n) is 12.3. The molecule has 4 heterocycles. The number of aliphatic carboxylic acids is 1. The number of rotatable bonds is 12. The fourth-order valence-electron chi connectivity index (χ4n) is 6.36. The van der Waals surface area contributed by atoms with E-state index in [-0.39, 0.29) is 18.4 Å². The molecule has 0 amide bonds. The van der Waals surface area contributed by atoms with E-state index in [0.29, 0.717) is 27.7 Å². The molecule has 3 aromatic rings. The topological polar surface area (TPSA) is 98.2 Å². The molecular weight excluding hydrogens is 613 g/mol. The highest BCUT2D eigenvalue weighted by molar-refractivity contribution is 6.35. The summed E-state index contributed by atoms with van der Waals surface area (Å²) in [5.41, 5.74) is 1.90. The molecule has 10 nitrogen and oxygen atoms in total. The van der Waals surface area contributed by atoms with Gasteiger partial charge in [-0.3, -0.25) is 14.6 Å². The van der Waals surface area contributed by atoms with Gasteiger partial charge in [-0.15, -0.1) is 0 Å². The van der Waals surface area contributed by atoms with Gasteiger partial charge >= 0.3 is 5.97 Å². The average Bonchev–Trinajstić information content (AvgIpc) is 3.02. The highest BCUT2D eigenvalue weighted by Gasteiger charge is 2.30. The first-order chi connectivity index (χ1) is 21.7. The van der Waals surface area contributed by atoms with Gasteiger partial charge in [-0.25, -0.2) is 15.0 Å². The van der Waals surface area contributed by atoms with Crippen molar-refractivity contribution in [2.75, 3.05) is 64.8 Å². The Morgan fingerprint density at radius 2 is 1.80 bits per heavy atom. The molecule has 0 saturated carbocycles. The lowest BCUT2D eigenvalue weighted by Gasteiger charge is -2.39. The third-order valence-corrected chi connectivity index (χ3v) is 9.48. The van der Waals surface area contributed by atoms with Crippen molar-refractivity contribution in [1.82, 2.24) is 29.7 Å². The molecule has 1 N–H and O–H groups in total. The van der Waals surface area contributed by atoms with Crippen LogP contribution < -0.4 is 9.64 Å². The summed E-state index contributed by atoms with van der Waals surface area (Å²) in [7, 11) is 4.23. The molecular formula is C33H43Cl2N7O3. The van der Waals surface area contributed by atoms with Crippen LogP contribution in [0.15, 0.2) is 49.1 Å². The highest BCUT2D eigenvalue weighted by atomic mass is 35.5. The van der Waals surface area contributed by atoms with Gasteiger partial charge < -0.3 is 19.6 Å². The van der Waals surface area contributed by atoms with Crippen molar-refractivity contribution in [3.63, 3.8) is 0 Å². The Hall–Kier alpha value is -3.02. The number of ether oxygens (including phenoxy) is 1. The van der Waals surface area contributed by atoms with Gasteiger partial charge in [-0.1, -0.05) is 29.3 Å². The first-order valence-corrected chi connectivity index (χ1v) is 16.4. The van der Waals surface area contributed by atoms with Gasteiger partial charge in [-0.2, -0.15) is 0 Å². The van der Waals surface area contributed by atoms with Crippen molar-refractivity contribution in [3.05, 3.63) is 70.2 Å². The molecule has 0 aliphatic carbocycles. The Balaban J connectivity index is 1.34. The van der Waals surface area contributed by atoms with Gasteiger partial charge in [0.1, 0.15) is 6.33 Å². The van der Waals surface area contributed by atoms with Crippen molar-refractivity contribution in [2.24, 2.45) is 5.92 Å². The summed E-state index contributed by atoms with van der Waals surface area (Å²) in [4.78, 5) is 34.1. The van der Waals surface area contributed by atoms with Crippen molar-refractivity contribution in [1.29, 1.82) is 0 Å². The normalized spacial score (nSPS) is 18.2. The van der Waals surface area contributed by atoms with Crippen LogP contribution in [0.4, 0.5) is 5.82 Å². The second kappa shape index (κ2) is 15.5. The van der Waals surface area contributed by atoms with Crippen LogP contribution in [0.3, 0.4) is 0 Å². The second-order valence-corrected chi connectivity index (χ2v) is 13.2. The lowest BCUT2D eigenvalue weighted by atomic mass is 9.90. The van der Waals surface area contributed by atoms with E-state index in [2.05, 4.69) is 55.6 Å². The van der Waals surface area contributed by atoms with E-state index in [1.807, 2.05) is 24.3 Å². The number of anilines is 1. The van der Waals surface area contributed by atoms with Crippen LogP contribution in [-0.4, -0.2) is 107 Å². The number of hydrogen-bond acceptors (Lipinski definition) is 9. The summed E-state index contributed by atoms with van der Waals surface area (Å²) in [6.45, 7) is 8.49. The quantitative estimate of drug-likeness (QED) is 0.261. The van der Waals surface area contributed by atoms with Gasteiger partial charge in [0, 0.05) is 61.0 Å². The predicted octanol–water partition coefficient (Wildman–Crippen LogP) is 5.71. The molecule has 0 spiro atoms. The number of nitrogens with zero attached hydrogens (tertiary/aromatic N) is 7. The average molecular weight is 657 g/mol. The number of piperidine rings is 1. The number of piperazine rings is 1. The number of carbonyl (C=O) groups is 1. The maximum Gasteiger partial charge on any atom is 0.303 e. The molecule has 0 bridgehead atoms. The standard InChI is InChI=1S/C33H43Cl2N7O3/c1-23(7-11-39(2)3)40-14-16-42(17-15-40)33-29(21-36-22-38-33)45-30-19-25(6-10-37-30)32(27-5-4-26(34)20-28(27)35)41-12-8-24(9-13-41)18-31(43)44/h4-6,10,19-24,32H,7-9,11-18H2,1-3H3,(H,43,44). The van der Waals surface area contributed by atoms with E-state index in [0.717, 1.165) is 82.0 Å². The molecule has 2 saturated heterocycles. The number of pyridine rings is 1. The van der Waals surface area contributed by atoms with Crippen molar-refractivity contribution in [3.8, 4) is 11.6 Å². The molecule has 1 aromatic carbocycles. The number of benzene rings is 1. The number of hydrogen-bond donors (Lipinski definition) is 1. The van der Waals surface area contributed by atoms with Gasteiger partial charge in [0.05, 0.1) is 12.2 Å². The van der Waals surface area contributed by atoms with Crippen molar-refractivity contribution < 1.29 is 14.6 Å². The van der Waals surface area contributed by atoms with Crippen molar-refractivity contribution in [2.45, 2.75) is 44.7 Å².